The maximum atomic E-state index is 13.4. The van der Waals surface area contributed by atoms with Gasteiger partial charge in [0.05, 0.1) is 36.7 Å². The van der Waals surface area contributed by atoms with Crippen LogP contribution in [0.25, 0.3) is 11.1 Å². The number of nitrogens with one attached hydrogen (secondary N) is 1. The van der Waals surface area contributed by atoms with Gasteiger partial charge in [0.1, 0.15) is 12.6 Å². The molecule has 61 heavy (non-hydrogen) atoms. The smallest absolute Gasteiger partial charge is 0.408 e. The number of benzene rings is 5. The van der Waals surface area contributed by atoms with Gasteiger partial charge < -0.3 is 29.5 Å². The van der Waals surface area contributed by atoms with E-state index in [2.05, 4.69) is 15.1 Å². The van der Waals surface area contributed by atoms with Crippen LogP contribution in [0.15, 0.2) is 127 Å². The molecule has 0 aliphatic carbocycles. The van der Waals surface area contributed by atoms with E-state index >= 15 is 0 Å². The Labute approximate surface area is 353 Å². The standard InChI is InChI=1S/C47H47N5O9/c53-30-32-10-12-35(13-11-32)43-26-40(29-49-22-24-50(25-23-49)38-18-20-39(21-19-38)52(57)58)60-46(61-43)36-16-14-34(15-17-36)41-9-5-4-8-37(41)28-51-44(54)27-42(45(51)55)48-47(56)59-31-33-6-2-1-3-7-33/h1-21,40,42-43,46,53H,22-31H2,(H,48,56)/t40-,42?,43+,46+/m0/s1. The molecule has 0 saturated carbocycles. The number of aliphatic hydroxyl groups excluding tert-OH is 1. The first-order chi connectivity index (χ1) is 29.7. The summed E-state index contributed by atoms with van der Waals surface area (Å²) in [7, 11) is 0. The fourth-order valence-electron chi connectivity index (χ4n) is 8.09. The first-order valence-corrected chi connectivity index (χ1v) is 20.4. The number of carbonyl (C=O) groups is 3. The minimum Gasteiger partial charge on any atom is -0.445 e. The number of non-ortho nitro benzene ring substituents is 1. The monoisotopic (exact) mass is 825 g/mol. The van der Waals surface area contributed by atoms with Crippen LogP contribution in [0.3, 0.4) is 0 Å². The average Bonchev–Trinajstić information content (AvgIpc) is 3.56. The van der Waals surface area contributed by atoms with Crippen molar-refractivity contribution in [1.29, 1.82) is 0 Å². The van der Waals surface area contributed by atoms with E-state index in [1.165, 1.54) is 4.90 Å². The van der Waals surface area contributed by atoms with Crippen LogP contribution in [-0.4, -0.2) is 82.6 Å². The Morgan fingerprint density at radius 1 is 0.803 bits per heavy atom. The zero-order valence-electron chi connectivity index (χ0n) is 33.5. The minimum atomic E-state index is -1.01. The second-order valence-corrected chi connectivity index (χ2v) is 15.5. The molecule has 14 heteroatoms. The molecule has 0 radical (unpaired) electrons. The lowest BCUT2D eigenvalue weighted by molar-refractivity contribution is -0.384. The van der Waals surface area contributed by atoms with Crippen LogP contribution in [0.4, 0.5) is 16.2 Å². The summed E-state index contributed by atoms with van der Waals surface area (Å²) in [5.74, 6) is -0.864. The Hall–Kier alpha value is -6.45. The molecule has 3 aliphatic heterocycles. The maximum Gasteiger partial charge on any atom is 0.408 e. The molecule has 3 amide bonds. The lowest BCUT2D eigenvalue weighted by Crippen LogP contribution is -2.49. The second-order valence-electron chi connectivity index (χ2n) is 15.5. The molecule has 8 rings (SSSR count). The highest BCUT2D eigenvalue weighted by Crippen LogP contribution is 2.39. The number of piperazine rings is 1. The van der Waals surface area contributed by atoms with Crippen LogP contribution < -0.4 is 10.2 Å². The number of carbonyl (C=O) groups excluding carboxylic acids is 3. The Bertz CT molecular complexity index is 2320. The number of anilines is 1. The summed E-state index contributed by atoms with van der Waals surface area (Å²) >= 11 is 0. The second kappa shape index (κ2) is 18.9. The van der Waals surface area contributed by atoms with Crippen LogP contribution in [0, 0.1) is 10.1 Å². The highest BCUT2D eigenvalue weighted by atomic mass is 16.7. The van der Waals surface area contributed by atoms with E-state index in [9.17, 15) is 29.6 Å². The van der Waals surface area contributed by atoms with Gasteiger partial charge in [-0.25, -0.2) is 4.79 Å². The van der Waals surface area contributed by atoms with E-state index < -0.39 is 24.3 Å². The normalized spacial score (nSPS) is 20.7. The quantitative estimate of drug-likeness (QED) is 0.0740. The molecule has 14 nitrogen and oxygen atoms in total. The Balaban J connectivity index is 0.926. The highest BCUT2D eigenvalue weighted by Gasteiger charge is 2.40. The molecule has 0 aromatic heterocycles. The van der Waals surface area contributed by atoms with Crippen LogP contribution in [0.1, 0.15) is 53.1 Å². The van der Waals surface area contributed by atoms with Gasteiger partial charge in [-0.1, -0.05) is 103 Å². The van der Waals surface area contributed by atoms with Crippen molar-refractivity contribution in [3.8, 4) is 11.1 Å². The molecule has 0 spiro atoms. The van der Waals surface area contributed by atoms with Gasteiger partial charge in [-0.2, -0.15) is 0 Å². The van der Waals surface area contributed by atoms with Crippen LogP contribution in [0.5, 0.6) is 0 Å². The SMILES string of the molecule is O=C(NC1CC(=O)N(Cc2ccccc2-c2ccc([C@@H]3O[C@H](CN4CCN(c5ccc([N+](=O)[O-])cc5)CC4)C[C@H](c4ccc(CO)cc4)O3)cc2)C1=O)OCc1ccccc1. The van der Waals surface area contributed by atoms with E-state index in [4.69, 9.17) is 14.2 Å². The van der Waals surface area contributed by atoms with E-state index in [1.54, 1.807) is 24.3 Å². The van der Waals surface area contributed by atoms with Crippen molar-refractivity contribution in [2.75, 3.05) is 37.6 Å². The van der Waals surface area contributed by atoms with Gasteiger partial charge in [-0.15, -0.1) is 0 Å². The summed E-state index contributed by atoms with van der Waals surface area (Å²) in [6.45, 7) is 3.91. The lowest BCUT2D eigenvalue weighted by atomic mass is 9.97. The third-order valence-electron chi connectivity index (χ3n) is 11.5. The van der Waals surface area contributed by atoms with Gasteiger partial charge in [0, 0.05) is 62.5 Å². The predicted molar refractivity (Wildman–Crippen MR) is 226 cm³/mol. The number of nitro groups is 1. The van der Waals surface area contributed by atoms with E-state index in [0.717, 1.165) is 70.8 Å². The van der Waals surface area contributed by atoms with Crippen molar-refractivity contribution < 1.29 is 38.6 Å². The molecule has 5 aromatic carbocycles. The molecule has 3 heterocycles. The molecular formula is C47H47N5O9. The Morgan fingerprint density at radius 3 is 2.20 bits per heavy atom. The van der Waals surface area contributed by atoms with Crippen molar-refractivity contribution in [2.24, 2.45) is 0 Å². The van der Waals surface area contributed by atoms with Crippen LogP contribution >= 0.6 is 0 Å². The number of likely N-dealkylation sites (tertiary alicyclic amines) is 1. The van der Waals surface area contributed by atoms with Crippen LogP contribution in [-0.2, 0) is 43.6 Å². The molecular weight excluding hydrogens is 779 g/mol. The molecule has 3 fully saturated rings. The molecule has 1 unspecified atom stereocenters. The van der Waals surface area contributed by atoms with Gasteiger partial charge in [-0.05, 0) is 45.5 Å². The third-order valence-corrected chi connectivity index (χ3v) is 11.5. The van der Waals surface area contributed by atoms with Gasteiger partial charge in [0.15, 0.2) is 6.29 Å². The summed E-state index contributed by atoms with van der Waals surface area (Å²) in [4.78, 5) is 55.5. The number of rotatable bonds is 13. The molecule has 5 aromatic rings. The summed E-state index contributed by atoms with van der Waals surface area (Å²) < 4.78 is 18.6. The lowest BCUT2D eigenvalue weighted by Gasteiger charge is -2.41. The van der Waals surface area contributed by atoms with Crippen molar-refractivity contribution in [1.82, 2.24) is 15.1 Å². The maximum absolute atomic E-state index is 13.4. The van der Waals surface area contributed by atoms with Gasteiger partial charge in [-0.3, -0.25) is 29.5 Å². The summed E-state index contributed by atoms with van der Waals surface area (Å²) in [5, 5.41) is 23.3. The number of imide groups is 1. The fraction of sp³-hybridized carbons (Fsp3) is 0.298. The number of hydrogen-bond donors (Lipinski definition) is 2. The number of alkyl carbamates (subject to hydrolysis) is 1. The largest absolute Gasteiger partial charge is 0.445 e. The zero-order chi connectivity index (χ0) is 42.3. The molecule has 3 saturated heterocycles. The highest BCUT2D eigenvalue weighted by molar-refractivity contribution is 6.06. The van der Waals surface area contributed by atoms with Crippen LogP contribution in [0.2, 0.25) is 0 Å². The Kier molecular flexibility index (Phi) is 12.8. The number of aliphatic hydroxyl groups is 1. The summed E-state index contributed by atoms with van der Waals surface area (Å²) in [5.41, 5.74) is 7.00. The van der Waals surface area contributed by atoms with Gasteiger partial charge in [0.2, 0.25) is 5.91 Å². The Morgan fingerprint density at radius 2 is 1.49 bits per heavy atom. The number of hydrogen-bond acceptors (Lipinski definition) is 11. The minimum absolute atomic E-state index is 0.0439. The van der Waals surface area contributed by atoms with Crippen molar-refractivity contribution in [2.45, 2.75) is 57.1 Å². The van der Waals surface area contributed by atoms with E-state index in [1.807, 2.05) is 103 Å². The van der Waals surface area contributed by atoms with Crippen molar-refractivity contribution in [3.63, 3.8) is 0 Å². The van der Waals surface area contributed by atoms with Crippen molar-refractivity contribution in [3.05, 3.63) is 165 Å². The molecule has 314 valence electrons. The van der Waals surface area contributed by atoms with Crippen molar-refractivity contribution >= 4 is 29.3 Å². The average molecular weight is 826 g/mol. The van der Waals surface area contributed by atoms with E-state index in [-0.39, 0.29) is 54.9 Å². The van der Waals surface area contributed by atoms with Gasteiger partial charge >= 0.3 is 6.09 Å². The predicted octanol–water partition coefficient (Wildman–Crippen LogP) is 6.68. The molecule has 3 aliphatic rings. The number of nitro benzene ring substituents is 1. The number of ether oxygens (including phenoxy) is 3. The first kappa shape index (κ1) is 41.3. The molecule has 4 atom stereocenters. The van der Waals surface area contributed by atoms with E-state index in [0.29, 0.717) is 13.0 Å². The first-order valence-electron chi connectivity index (χ1n) is 20.4. The summed E-state index contributed by atoms with van der Waals surface area (Å²) in [6, 6.07) is 38.2. The molecule has 2 N–H and O–H groups in total. The topological polar surface area (TPSA) is 164 Å². The molecule has 0 bridgehead atoms. The number of amides is 3. The number of nitrogens with zero attached hydrogens (tertiary/aromatic N) is 4. The summed E-state index contributed by atoms with van der Waals surface area (Å²) in [6.07, 6.45) is -1.33. The zero-order valence-corrected chi connectivity index (χ0v) is 33.5. The van der Waals surface area contributed by atoms with Gasteiger partial charge in [0.25, 0.3) is 11.6 Å². The fourth-order valence-corrected chi connectivity index (χ4v) is 8.09. The third kappa shape index (κ3) is 9.96.